The molecule has 3 atom stereocenters. The number of piperidine rings is 1. The highest BCUT2D eigenvalue weighted by atomic mass is 15.2. The SMILES string of the molecule is CC[C@H](N)c1ccc(N2CCCC3CCCC32)cn1. The molecule has 3 nitrogen and oxygen atoms in total. The average Bonchev–Trinajstić information content (AvgIpc) is 2.95. The Labute approximate surface area is 116 Å². The van der Waals surface area contributed by atoms with Gasteiger partial charge in [-0.15, -0.1) is 0 Å². The van der Waals surface area contributed by atoms with Gasteiger partial charge in [0.2, 0.25) is 0 Å². The summed E-state index contributed by atoms with van der Waals surface area (Å²) in [7, 11) is 0. The quantitative estimate of drug-likeness (QED) is 0.906. The monoisotopic (exact) mass is 259 g/mol. The lowest BCUT2D eigenvalue weighted by molar-refractivity contribution is 0.362. The number of pyridine rings is 1. The summed E-state index contributed by atoms with van der Waals surface area (Å²) in [6.07, 6.45) is 9.92. The van der Waals surface area contributed by atoms with E-state index in [-0.39, 0.29) is 6.04 Å². The zero-order chi connectivity index (χ0) is 13.2. The summed E-state index contributed by atoms with van der Waals surface area (Å²) in [6.45, 7) is 3.30. The molecular weight excluding hydrogens is 234 g/mol. The Kier molecular flexibility index (Phi) is 3.74. The Morgan fingerprint density at radius 2 is 2.16 bits per heavy atom. The van der Waals surface area contributed by atoms with Crippen molar-refractivity contribution in [1.29, 1.82) is 0 Å². The maximum absolute atomic E-state index is 6.03. The predicted octanol–water partition coefficient (Wildman–Crippen LogP) is 3.26. The van der Waals surface area contributed by atoms with Gasteiger partial charge in [0.15, 0.2) is 0 Å². The molecule has 1 aromatic rings. The number of aromatic nitrogens is 1. The molecule has 0 spiro atoms. The van der Waals surface area contributed by atoms with E-state index < -0.39 is 0 Å². The van der Waals surface area contributed by atoms with Crippen molar-refractivity contribution in [2.45, 2.75) is 57.5 Å². The van der Waals surface area contributed by atoms with Crippen LogP contribution in [0.25, 0.3) is 0 Å². The van der Waals surface area contributed by atoms with E-state index in [0.717, 1.165) is 24.1 Å². The molecule has 2 unspecified atom stereocenters. The van der Waals surface area contributed by atoms with Gasteiger partial charge in [-0.05, 0) is 50.2 Å². The van der Waals surface area contributed by atoms with Crippen molar-refractivity contribution in [3.63, 3.8) is 0 Å². The average molecular weight is 259 g/mol. The molecule has 2 N–H and O–H groups in total. The maximum Gasteiger partial charge on any atom is 0.0572 e. The maximum atomic E-state index is 6.03. The molecule has 0 aromatic carbocycles. The van der Waals surface area contributed by atoms with Crippen LogP contribution in [-0.2, 0) is 0 Å². The van der Waals surface area contributed by atoms with Crippen LogP contribution in [0.4, 0.5) is 5.69 Å². The smallest absolute Gasteiger partial charge is 0.0572 e. The summed E-state index contributed by atoms with van der Waals surface area (Å²) >= 11 is 0. The van der Waals surface area contributed by atoms with Gasteiger partial charge in [0, 0.05) is 18.6 Å². The number of hydrogen-bond donors (Lipinski definition) is 1. The summed E-state index contributed by atoms with van der Waals surface area (Å²) in [6, 6.07) is 5.18. The highest BCUT2D eigenvalue weighted by Crippen LogP contribution is 2.38. The lowest BCUT2D eigenvalue weighted by Gasteiger charge is -2.39. The number of nitrogens with two attached hydrogens (primary N) is 1. The third kappa shape index (κ3) is 2.48. The van der Waals surface area contributed by atoms with Crippen molar-refractivity contribution in [2.75, 3.05) is 11.4 Å². The molecule has 3 heteroatoms. The third-order valence-electron chi connectivity index (χ3n) is 4.92. The predicted molar refractivity (Wildman–Crippen MR) is 79.2 cm³/mol. The standard InChI is InChI=1S/C16H25N3/c1-2-14(17)15-9-8-13(11-18-15)19-10-4-6-12-5-3-7-16(12)19/h8-9,11-12,14,16H,2-7,10,17H2,1H3/t12?,14-,16?/m0/s1. The van der Waals surface area contributed by atoms with Crippen molar-refractivity contribution in [1.82, 2.24) is 4.98 Å². The number of rotatable bonds is 3. The summed E-state index contributed by atoms with van der Waals surface area (Å²) in [5.74, 6) is 0.923. The minimum Gasteiger partial charge on any atom is -0.367 e. The fourth-order valence-corrected chi connectivity index (χ4v) is 3.77. The minimum atomic E-state index is 0.0784. The Morgan fingerprint density at radius 3 is 2.89 bits per heavy atom. The first-order valence-corrected chi connectivity index (χ1v) is 7.77. The molecule has 1 saturated carbocycles. The lowest BCUT2D eigenvalue weighted by atomic mass is 9.91. The van der Waals surface area contributed by atoms with Crippen LogP contribution in [-0.4, -0.2) is 17.6 Å². The lowest BCUT2D eigenvalue weighted by Crippen LogP contribution is -2.42. The Hall–Kier alpha value is -1.09. The van der Waals surface area contributed by atoms with Crippen molar-refractivity contribution < 1.29 is 0 Å². The van der Waals surface area contributed by atoms with E-state index in [1.807, 2.05) is 6.20 Å². The number of hydrogen-bond acceptors (Lipinski definition) is 3. The largest absolute Gasteiger partial charge is 0.367 e. The van der Waals surface area contributed by atoms with Crippen LogP contribution < -0.4 is 10.6 Å². The van der Waals surface area contributed by atoms with Gasteiger partial charge in [-0.2, -0.15) is 0 Å². The number of fused-ring (bicyclic) bond motifs is 1. The molecule has 1 saturated heterocycles. The summed E-state index contributed by atoms with van der Waals surface area (Å²) < 4.78 is 0. The summed E-state index contributed by atoms with van der Waals surface area (Å²) in [5, 5.41) is 0. The topological polar surface area (TPSA) is 42.1 Å². The zero-order valence-electron chi connectivity index (χ0n) is 11.9. The van der Waals surface area contributed by atoms with Crippen LogP contribution in [0.1, 0.15) is 57.2 Å². The molecule has 1 aliphatic carbocycles. The Balaban J connectivity index is 1.77. The van der Waals surface area contributed by atoms with E-state index in [9.17, 15) is 0 Å². The first-order chi connectivity index (χ1) is 9.29. The second-order valence-electron chi connectivity index (χ2n) is 6.05. The number of nitrogens with zero attached hydrogens (tertiary/aromatic N) is 2. The fraction of sp³-hybridized carbons (Fsp3) is 0.688. The van der Waals surface area contributed by atoms with Gasteiger partial charge < -0.3 is 10.6 Å². The molecular formula is C16H25N3. The van der Waals surface area contributed by atoms with E-state index in [0.29, 0.717) is 0 Å². The second kappa shape index (κ2) is 5.49. The summed E-state index contributed by atoms with van der Waals surface area (Å²) in [5.41, 5.74) is 8.35. The van der Waals surface area contributed by atoms with Crippen LogP contribution >= 0.6 is 0 Å². The van der Waals surface area contributed by atoms with Crippen LogP contribution in [0.5, 0.6) is 0 Å². The van der Waals surface area contributed by atoms with Crippen LogP contribution in [0, 0.1) is 5.92 Å². The molecule has 2 heterocycles. The van der Waals surface area contributed by atoms with E-state index in [1.54, 1.807) is 0 Å². The van der Waals surface area contributed by atoms with Crippen LogP contribution in [0.3, 0.4) is 0 Å². The van der Waals surface area contributed by atoms with Crippen molar-refractivity contribution in [3.05, 3.63) is 24.0 Å². The molecule has 2 fully saturated rings. The zero-order valence-corrected chi connectivity index (χ0v) is 11.9. The molecule has 0 amide bonds. The van der Waals surface area contributed by atoms with Crippen LogP contribution in [0.15, 0.2) is 18.3 Å². The molecule has 1 aliphatic heterocycles. The van der Waals surface area contributed by atoms with Gasteiger partial charge in [-0.3, -0.25) is 4.98 Å². The first kappa shape index (κ1) is 12.9. The molecule has 104 valence electrons. The Bertz CT molecular complexity index is 415. The van der Waals surface area contributed by atoms with Crippen molar-refractivity contribution in [2.24, 2.45) is 11.7 Å². The first-order valence-electron chi connectivity index (χ1n) is 7.77. The van der Waals surface area contributed by atoms with E-state index >= 15 is 0 Å². The molecule has 0 radical (unpaired) electrons. The number of anilines is 1. The molecule has 2 aliphatic rings. The van der Waals surface area contributed by atoms with Gasteiger partial charge in [-0.25, -0.2) is 0 Å². The molecule has 1 aromatic heterocycles. The van der Waals surface area contributed by atoms with Crippen molar-refractivity contribution in [3.8, 4) is 0 Å². The summed E-state index contributed by atoms with van der Waals surface area (Å²) in [4.78, 5) is 7.16. The highest BCUT2D eigenvalue weighted by Gasteiger charge is 2.35. The van der Waals surface area contributed by atoms with Gasteiger partial charge in [0.05, 0.1) is 17.6 Å². The Morgan fingerprint density at radius 1 is 1.32 bits per heavy atom. The van der Waals surface area contributed by atoms with E-state index in [2.05, 4.69) is 28.9 Å². The molecule has 0 bridgehead atoms. The second-order valence-corrected chi connectivity index (χ2v) is 6.05. The van der Waals surface area contributed by atoms with Gasteiger partial charge in [0.1, 0.15) is 0 Å². The molecule has 19 heavy (non-hydrogen) atoms. The third-order valence-corrected chi connectivity index (χ3v) is 4.92. The molecule has 3 rings (SSSR count). The van der Waals surface area contributed by atoms with E-state index in [4.69, 9.17) is 5.73 Å². The normalized spacial score (nSPS) is 28.2. The van der Waals surface area contributed by atoms with Crippen LogP contribution in [0.2, 0.25) is 0 Å². The van der Waals surface area contributed by atoms with Crippen molar-refractivity contribution >= 4 is 5.69 Å². The van der Waals surface area contributed by atoms with Gasteiger partial charge in [0.25, 0.3) is 0 Å². The fourth-order valence-electron chi connectivity index (χ4n) is 3.77. The minimum absolute atomic E-state index is 0.0784. The highest BCUT2D eigenvalue weighted by molar-refractivity contribution is 5.47. The van der Waals surface area contributed by atoms with Gasteiger partial charge in [-0.1, -0.05) is 13.3 Å². The van der Waals surface area contributed by atoms with Gasteiger partial charge >= 0.3 is 0 Å². The van der Waals surface area contributed by atoms with E-state index in [1.165, 1.54) is 44.3 Å².